The van der Waals surface area contributed by atoms with Crippen molar-refractivity contribution in [3.8, 4) is 22.9 Å². The largest absolute Gasteiger partial charge is 0.497 e. The molecular formula is C20H22N4O3S. The number of ether oxygens (including phenoxy) is 2. The number of thioether (sulfide) groups is 1. The number of amides is 1. The van der Waals surface area contributed by atoms with Gasteiger partial charge in [0.15, 0.2) is 5.82 Å². The molecule has 28 heavy (non-hydrogen) atoms. The number of benzene rings is 2. The third-order valence-electron chi connectivity index (χ3n) is 4.11. The number of aromatic amines is 1. The standard InChI is InChI=1S/C20H22N4O3S/c1-13(19(25)21-12-14-4-8-16(26-2)9-5-14)28-20-22-18(23-24-20)15-6-10-17(27-3)11-7-15/h4-11,13H,12H2,1-3H3,(H,21,25)(H,22,23,24)/t13-/m1/s1. The average Bonchev–Trinajstić information content (AvgIpc) is 3.20. The number of carbonyl (C=O) groups is 1. The van der Waals surface area contributed by atoms with Crippen molar-refractivity contribution in [1.82, 2.24) is 20.5 Å². The summed E-state index contributed by atoms with van der Waals surface area (Å²) in [5.74, 6) is 2.14. The zero-order valence-electron chi connectivity index (χ0n) is 15.9. The quantitative estimate of drug-likeness (QED) is 0.566. The molecule has 0 radical (unpaired) electrons. The zero-order chi connectivity index (χ0) is 19.9. The Bertz CT molecular complexity index is 910. The van der Waals surface area contributed by atoms with Gasteiger partial charge in [0, 0.05) is 12.1 Å². The van der Waals surface area contributed by atoms with Crippen LogP contribution >= 0.6 is 11.8 Å². The first-order valence-corrected chi connectivity index (χ1v) is 9.61. The van der Waals surface area contributed by atoms with Crippen molar-refractivity contribution in [2.24, 2.45) is 0 Å². The van der Waals surface area contributed by atoms with E-state index in [2.05, 4.69) is 20.5 Å². The number of rotatable bonds is 8. The molecule has 0 saturated heterocycles. The Morgan fingerprint density at radius 2 is 1.68 bits per heavy atom. The van der Waals surface area contributed by atoms with Crippen LogP contribution in [0.1, 0.15) is 12.5 Å². The van der Waals surface area contributed by atoms with Gasteiger partial charge in [-0.1, -0.05) is 23.9 Å². The van der Waals surface area contributed by atoms with Gasteiger partial charge in [0.1, 0.15) is 11.5 Å². The lowest BCUT2D eigenvalue weighted by Gasteiger charge is -2.10. The molecule has 0 aliphatic carbocycles. The number of methoxy groups -OCH3 is 2. The number of carbonyl (C=O) groups excluding carboxylic acids is 1. The van der Waals surface area contributed by atoms with Gasteiger partial charge >= 0.3 is 0 Å². The lowest BCUT2D eigenvalue weighted by molar-refractivity contribution is -0.120. The van der Waals surface area contributed by atoms with Crippen LogP contribution in [0.3, 0.4) is 0 Å². The lowest BCUT2D eigenvalue weighted by atomic mass is 10.2. The SMILES string of the molecule is COc1ccc(CNC(=O)[C@@H](C)Sc2n[nH]c(-c3ccc(OC)cc3)n2)cc1. The van der Waals surface area contributed by atoms with Crippen LogP contribution < -0.4 is 14.8 Å². The van der Waals surface area contributed by atoms with Gasteiger partial charge in [0.05, 0.1) is 19.5 Å². The number of hydrogen-bond acceptors (Lipinski definition) is 6. The minimum Gasteiger partial charge on any atom is -0.497 e. The van der Waals surface area contributed by atoms with Crippen molar-refractivity contribution in [2.75, 3.05) is 14.2 Å². The van der Waals surface area contributed by atoms with Gasteiger partial charge in [-0.2, -0.15) is 0 Å². The van der Waals surface area contributed by atoms with E-state index in [1.165, 1.54) is 11.8 Å². The summed E-state index contributed by atoms with van der Waals surface area (Å²) in [6, 6.07) is 15.1. The van der Waals surface area contributed by atoms with Crippen LogP contribution in [0.5, 0.6) is 11.5 Å². The van der Waals surface area contributed by atoms with Crippen LogP contribution in [0.25, 0.3) is 11.4 Å². The van der Waals surface area contributed by atoms with Gasteiger partial charge in [0.2, 0.25) is 11.1 Å². The number of nitrogens with one attached hydrogen (secondary N) is 2. The van der Waals surface area contributed by atoms with E-state index < -0.39 is 0 Å². The summed E-state index contributed by atoms with van der Waals surface area (Å²) >= 11 is 1.31. The van der Waals surface area contributed by atoms with Crippen LogP contribution in [0, 0.1) is 0 Å². The second-order valence-corrected chi connectivity index (χ2v) is 7.33. The molecule has 8 heteroatoms. The van der Waals surface area contributed by atoms with E-state index in [4.69, 9.17) is 9.47 Å². The third-order valence-corrected chi connectivity index (χ3v) is 5.07. The maximum Gasteiger partial charge on any atom is 0.233 e. The molecule has 0 fully saturated rings. The highest BCUT2D eigenvalue weighted by Gasteiger charge is 2.17. The fourth-order valence-corrected chi connectivity index (χ4v) is 3.21. The molecule has 7 nitrogen and oxygen atoms in total. The molecule has 1 amide bonds. The Labute approximate surface area is 167 Å². The van der Waals surface area contributed by atoms with Crippen molar-refractivity contribution >= 4 is 17.7 Å². The highest BCUT2D eigenvalue weighted by molar-refractivity contribution is 8.00. The molecule has 0 unspecified atom stereocenters. The summed E-state index contributed by atoms with van der Waals surface area (Å²) in [6.45, 7) is 2.29. The Hall–Kier alpha value is -3.00. The van der Waals surface area contributed by atoms with E-state index in [1.54, 1.807) is 14.2 Å². The molecule has 1 heterocycles. The normalized spacial score (nSPS) is 11.7. The Balaban J connectivity index is 1.54. The molecule has 3 aromatic rings. The smallest absolute Gasteiger partial charge is 0.233 e. The monoisotopic (exact) mass is 398 g/mol. The van der Waals surface area contributed by atoms with Crippen LogP contribution in [0.2, 0.25) is 0 Å². The lowest BCUT2D eigenvalue weighted by Crippen LogP contribution is -2.30. The molecule has 1 atom stereocenters. The van der Waals surface area contributed by atoms with E-state index >= 15 is 0 Å². The first-order valence-electron chi connectivity index (χ1n) is 8.73. The molecule has 0 bridgehead atoms. The zero-order valence-corrected chi connectivity index (χ0v) is 16.7. The molecule has 1 aromatic heterocycles. The Morgan fingerprint density at radius 1 is 1.07 bits per heavy atom. The second-order valence-electron chi connectivity index (χ2n) is 6.02. The Kier molecular flexibility index (Phi) is 6.54. The van der Waals surface area contributed by atoms with Crippen LogP contribution in [0.15, 0.2) is 53.7 Å². The Morgan fingerprint density at radius 3 is 2.29 bits per heavy atom. The summed E-state index contributed by atoms with van der Waals surface area (Å²) in [4.78, 5) is 16.8. The summed E-state index contributed by atoms with van der Waals surface area (Å²) in [5.41, 5.74) is 1.91. The summed E-state index contributed by atoms with van der Waals surface area (Å²) < 4.78 is 10.3. The number of H-pyrrole nitrogens is 1. The summed E-state index contributed by atoms with van der Waals surface area (Å²) in [5, 5.41) is 10.2. The van der Waals surface area contributed by atoms with Gasteiger partial charge in [-0.3, -0.25) is 9.89 Å². The van der Waals surface area contributed by atoms with Crippen molar-refractivity contribution < 1.29 is 14.3 Å². The predicted octanol–water partition coefficient (Wildman–Crippen LogP) is 3.29. The first-order chi connectivity index (χ1) is 13.6. The second kappa shape index (κ2) is 9.27. The van der Waals surface area contributed by atoms with Gasteiger partial charge < -0.3 is 14.8 Å². The molecular weight excluding hydrogens is 376 g/mol. The number of nitrogens with zero attached hydrogens (tertiary/aromatic N) is 2. The first kappa shape index (κ1) is 19.8. The van der Waals surface area contributed by atoms with E-state index in [9.17, 15) is 4.79 Å². The maximum absolute atomic E-state index is 12.4. The van der Waals surface area contributed by atoms with Gasteiger partial charge in [-0.05, 0) is 48.9 Å². The fourth-order valence-electron chi connectivity index (χ4n) is 2.47. The number of aromatic nitrogens is 3. The van der Waals surface area contributed by atoms with E-state index in [-0.39, 0.29) is 11.2 Å². The third kappa shape index (κ3) is 5.04. The van der Waals surface area contributed by atoms with Gasteiger partial charge in [-0.15, -0.1) is 5.10 Å². The summed E-state index contributed by atoms with van der Waals surface area (Å²) in [7, 11) is 3.25. The highest BCUT2D eigenvalue weighted by atomic mass is 32.2. The van der Waals surface area contributed by atoms with E-state index in [0.29, 0.717) is 17.5 Å². The fraction of sp³-hybridized carbons (Fsp3) is 0.250. The minimum atomic E-state index is -0.322. The van der Waals surface area contributed by atoms with E-state index in [0.717, 1.165) is 22.6 Å². The van der Waals surface area contributed by atoms with Crippen molar-refractivity contribution in [3.05, 3.63) is 54.1 Å². The minimum absolute atomic E-state index is 0.0726. The van der Waals surface area contributed by atoms with E-state index in [1.807, 2.05) is 55.5 Å². The van der Waals surface area contributed by atoms with Crippen molar-refractivity contribution in [2.45, 2.75) is 23.9 Å². The van der Waals surface area contributed by atoms with Crippen LogP contribution in [0.4, 0.5) is 0 Å². The molecule has 0 spiro atoms. The topological polar surface area (TPSA) is 89.1 Å². The van der Waals surface area contributed by atoms with Gasteiger partial charge in [0.25, 0.3) is 0 Å². The highest BCUT2D eigenvalue weighted by Crippen LogP contribution is 2.24. The van der Waals surface area contributed by atoms with Gasteiger partial charge in [-0.25, -0.2) is 4.98 Å². The molecule has 146 valence electrons. The maximum atomic E-state index is 12.4. The van der Waals surface area contributed by atoms with Crippen LogP contribution in [-0.4, -0.2) is 40.6 Å². The summed E-state index contributed by atoms with van der Waals surface area (Å²) in [6.07, 6.45) is 0. The molecule has 2 N–H and O–H groups in total. The molecule has 2 aromatic carbocycles. The van der Waals surface area contributed by atoms with Crippen molar-refractivity contribution in [1.29, 1.82) is 0 Å². The molecule has 0 aliphatic heterocycles. The molecule has 3 rings (SSSR count). The van der Waals surface area contributed by atoms with Crippen LogP contribution in [-0.2, 0) is 11.3 Å². The number of hydrogen-bond donors (Lipinski definition) is 2. The predicted molar refractivity (Wildman–Crippen MR) is 109 cm³/mol. The average molecular weight is 398 g/mol. The van der Waals surface area contributed by atoms with Crippen molar-refractivity contribution in [3.63, 3.8) is 0 Å². The molecule has 0 aliphatic rings. The molecule has 0 saturated carbocycles.